The zero-order chi connectivity index (χ0) is 22.9. The second kappa shape index (κ2) is 8.70. The van der Waals surface area contributed by atoms with E-state index >= 15 is 0 Å². The zero-order valence-corrected chi connectivity index (χ0v) is 19.2. The molecule has 0 fully saturated rings. The fourth-order valence-electron chi connectivity index (χ4n) is 3.86. The van der Waals surface area contributed by atoms with Gasteiger partial charge in [-0.2, -0.15) is 0 Å². The monoisotopic (exact) mass is 444 g/mol. The first-order valence-corrected chi connectivity index (χ1v) is 11.7. The van der Waals surface area contributed by atoms with E-state index in [1.807, 2.05) is 26.0 Å². The van der Waals surface area contributed by atoms with Crippen LogP contribution in [-0.4, -0.2) is 38.2 Å². The number of benzene rings is 2. The molecule has 31 heavy (non-hydrogen) atoms. The van der Waals surface area contributed by atoms with Gasteiger partial charge in [0.05, 0.1) is 18.7 Å². The smallest absolute Gasteiger partial charge is 0.269 e. The Morgan fingerprint density at radius 2 is 1.81 bits per heavy atom. The average Bonchev–Trinajstić information content (AvgIpc) is 2.91. The van der Waals surface area contributed by atoms with E-state index in [0.717, 1.165) is 26.7 Å². The van der Waals surface area contributed by atoms with E-state index < -0.39 is 15.9 Å². The Morgan fingerprint density at radius 1 is 1.13 bits per heavy atom. The highest BCUT2D eigenvalue weighted by atomic mass is 32.2. The highest BCUT2D eigenvalue weighted by Crippen LogP contribution is 2.32. The van der Waals surface area contributed by atoms with Crippen molar-refractivity contribution in [2.75, 3.05) is 13.7 Å². The van der Waals surface area contributed by atoms with Gasteiger partial charge in [0.15, 0.2) is 0 Å². The molecule has 2 aromatic rings. The first-order valence-electron chi connectivity index (χ1n) is 10.2. The summed E-state index contributed by atoms with van der Waals surface area (Å²) in [7, 11) is -2.28. The third-order valence-electron chi connectivity index (χ3n) is 5.54. The zero-order valence-electron chi connectivity index (χ0n) is 18.4. The predicted molar refractivity (Wildman–Crippen MR) is 118 cm³/mol. The Hall–Kier alpha value is -2.87. The first-order chi connectivity index (χ1) is 14.6. The van der Waals surface area contributed by atoms with E-state index in [4.69, 9.17) is 4.74 Å². The second-order valence-corrected chi connectivity index (χ2v) is 9.85. The average molecular weight is 445 g/mol. The molecule has 1 atom stereocenters. The van der Waals surface area contributed by atoms with Gasteiger partial charge < -0.3 is 10.1 Å². The van der Waals surface area contributed by atoms with Crippen LogP contribution in [0.1, 0.15) is 66.2 Å². The van der Waals surface area contributed by atoms with Crippen molar-refractivity contribution >= 4 is 21.8 Å². The standard InChI is InChI=1S/C23H28N2O5S/c1-14(2)18-13-19(15(3)12-20(18)30-5)16(4)24-22(26)10-11-25-23(27)17-8-6-7-9-21(17)31(25,28)29/h6-9,12-14,16H,10-11H2,1-5H3,(H,24,26)/t16-/m0/s1. The van der Waals surface area contributed by atoms with Crippen molar-refractivity contribution in [1.82, 2.24) is 9.62 Å². The number of carbonyl (C=O) groups excluding carboxylic acids is 2. The molecule has 3 rings (SSSR count). The van der Waals surface area contributed by atoms with E-state index in [2.05, 4.69) is 19.2 Å². The number of hydrogen-bond acceptors (Lipinski definition) is 5. The molecule has 7 nitrogen and oxygen atoms in total. The molecule has 0 unspecified atom stereocenters. The highest BCUT2D eigenvalue weighted by molar-refractivity contribution is 7.90. The number of fused-ring (bicyclic) bond motifs is 1. The number of ether oxygens (including phenoxy) is 1. The van der Waals surface area contributed by atoms with Crippen LogP contribution in [0, 0.1) is 6.92 Å². The van der Waals surface area contributed by atoms with Crippen LogP contribution in [0.15, 0.2) is 41.3 Å². The maximum atomic E-state index is 12.6. The molecule has 166 valence electrons. The van der Waals surface area contributed by atoms with Crippen LogP contribution in [-0.2, 0) is 14.8 Å². The fraction of sp³-hybridized carbons (Fsp3) is 0.391. The van der Waals surface area contributed by atoms with E-state index in [-0.39, 0.29) is 41.3 Å². The largest absolute Gasteiger partial charge is 0.496 e. The lowest BCUT2D eigenvalue weighted by atomic mass is 9.93. The van der Waals surface area contributed by atoms with Crippen LogP contribution >= 0.6 is 0 Å². The van der Waals surface area contributed by atoms with Crippen LogP contribution in [0.3, 0.4) is 0 Å². The Kier molecular flexibility index (Phi) is 6.40. The van der Waals surface area contributed by atoms with Crippen LogP contribution < -0.4 is 10.1 Å². The lowest BCUT2D eigenvalue weighted by molar-refractivity contribution is -0.121. The molecular weight excluding hydrogens is 416 g/mol. The normalized spacial score (nSPS) is 15.7. The van der Waals surface area contributed by atoms with Crippen LogP contribution in [0.2, 0.25) is 0 Å². The molecule has 1 heterocycles. The van der Waals surface area contributed by atoms with E-state index in [1.165, 1.54) is 12.1 Å². The minimum Gasteiger partial charge on any atom is -0.496 e. The highest BCUT2D eigenvalue weighted by Gasteiger charge is 2.40. The lowest BCUT2D eigenvalue weighted by Crippen LogP contribution is -2.35. The second-order valence-electron chi connectivity index (χ2n) is 8.02. The number of methoxy groups -OCH3 is 1. The molecule has 2 amide bonds. The minimum atomic E-state index is -3.91. The Morgan fingerprint density at radius 3 is 2.42 bits per heavy atom. The SMILES string of the molecule is COc1cc(C)c([C@H](C)NC(=O)CCN2C(=O)c3ccccc3S2(=O)=O)cc1C(C)C. The molecule has 0 aliphatic carbocycles. The molecule has 0 aromatic heterocycles. The van der Waals surface area contributed by atoms with Gasteiger partial charge in [-0.1, -0.05) is 26.0 Å². The summed E-state index contributed by atoms with van der Waals surface area (Å²) in [6, 6.07) is 9.80. The summed E-state index contributed by atoms with van der Waals surface area (Å²) in [5.74, 6) is 0.147. The number of hydrogen-bond donors (Lipinski definition) is 1. The van der Waals surface area contributed by atoms with Crippen molar-refractivity contribution < 1.29 is 22.7 Å². The number of amides is 2. The van der Waals surface area contributed by atoms with Crippen molar-refractivity contribution in [2.24, 2.45) is 0 Å². The van der Waals surface area contributed by atoms with Gasteiger partial charge in [0.25, 0.3) is 15.9 Å². The number of carbonyl (C=O) groups is 2. The van der Waals surface area contributed by atoms with Crippen LogP contribution in [0.25, 0.3) is 0 Å². The van der Waals surface area contributed by atoms with Gasteiger partial charge in [0.1, 0.15) is 10.6 Å². The molecule has 2 aromatic carbocycles. The fourth-order valence-corrected chi connectivity index (χ4v) is 5.43. The quantitative estimate of drug-likeness (QED) is 0.705. The molecule has 0 saturated carbocycles. The molecule has 0 saturated heterocycles. The lowest BCUT2D eigenvalue weighted by Gasteiger charge is -2.21. The van der Waals surface area contributed by atoms with Gasteiger partial charge in [-0.3, -0.25) is 9.59 Å². The number of aryl methyl sites for hydroxylation is 1. The number of nitrogens with one attached hydrogen (secondary N) is 1. The molecule has 0 radical (unpaired) electrons. The molecule has 1 aliphatic heterocycles. The summed E-state index contributed by atoms with van der Waals surface area (Å²) in [5, 5.41) is 2.92. The number of nitrogens with zero attached hydrogens (tertiary/aromatic N) is 1. The molecule has 1 aliphatic rings. The van der Waals surface area contributed by atoms with Crippen molar-refractivity contribution in [3.05, 3.63) is 58.7 Å². The summed E-state index contributed by atoms with van der Waals surface area (Å²) in [6.07, 6.45) is -0.116. The summed E-state index contributed by atoms with van der Waals surface area (Å²) in [5.41, 5.74) is 3.15. The Bertz CT molecular complexity index is 1120. The Labute approximate surface area is 183 Å². The first kappa shape index (κ1) is 22.8. The van der Waals surface area contributed by atoms with E-state index in [9.17, 15) is 18.0 Å². The van der Waals surface area contributed by atoms with Crippen molar-refractivity contribution in [2.45, 2.75) is 51.0 Å². The van der Waals surface area contributed by atoms with Crippen LogP contribution in [0.5, 0.6) is 5.75 Å². The summed E-state index contributed by atoms with van der Waals surface area (Å²) in [6.45, 7) is 7.78. The topological polar surface area (TPSA) is 92.8 Å². The van der Waals surface area contributed by atoms with Gasteiger partial charge in [-0.05, 0) is 60.7 Å². The molecular formula is C23H28N2O5S. The minimum absolute atomic E-state index is 0.0103. The summed E-state index contributed by atoms with van der Waals surface area (Å²) < 4.78 is 31.5. The predicted octanol–water partition coefficient (Wildman–Crippen LogP) is 3.54. The molecule has 1 N–H and O–H groups in total. The van der Waals surface area contributed by atoms with Crippen LogP contribution in [0.4, 0.5) is 0 Å². The van der Waals surface area contributed by atoms with Gasteiger partial charge in [0, 0.05) is 13.0 Å². The van der Waals surface area contributed by atoms with Gasteiger partial charge in [-0.15, -0.1) is 0 Å². The molecule has 8 heteroatoms. The van der Waals surface area contributed by atoms with E-state index in [0.29, 0.717) is 0 Å². The van der Waals surface area contributed by atoms with Crippen molar-refractivity contribution in [3.8, 4) is 5.75 Å². The maximum absolute atomic E-state index is 12.6. The third kappa shape index (κ3) is 4.30. The Balaban J connectivity index is 1.70. The van der Waals surface area contributed by atoms with Crippen molar-refractivity contribution in [3.63, 3.8) is 0 Å². The summed E-state index contributed by atoms with van der Waals surface area (Å²) >= 11 is 0. The van der Waals surface area contributed by atoms with Crippen molar-refractivity contribution in [1.29, 1.82) is 0 Å². The van der Waals surface area contributed by atoms with Gasteiger partial charge in [0.2, 0.25) is 5.91 Å². The molecule has 0 bridgehead atoms. The summed E-state index contributed by atoms with van der Waals surface area (Å²) in [4.78, 5) is 25.0. The van der Waals surface area contributed by atoms with E-state index in [1.54, 1.807) is 19.2 Å². The van der Waals surface area contributed by atoms with Gasteiger partial charge in [-0.25, -0.2) is 12.7 Å². The number of rotatable bonds is 7. The van der Waals surface area contributed by atoms with Gasteiger partial charge >= 0.3 is 0 Å². The third-order valence-corrected chi connectivity index (χ3v) is 7.38. The maximum Gasteiger partial charge on any atom is 0.269 e. The molecule has 0 spiro atoms. The number of sulfonamides is 1.